The van der Waals surface area contributed by atoms with Gasteiger partial charge in [-0.05, 0) is 48.5 Å². The van der Waals surface area contributed by atoms with Crippen molar-refractivity contribution in [1.82, 2.24) is 15.2 Å². The van der Waals surface area contributed by atoms with Gasteiger partial charge in [-0.3, -0.25) is 5.32 Å². The van der Waals surface area contributed by atoms with E-state index in [1.165, 1.54) is 42.6 Å². The van der Waals surface area contributed by atoms with Crippen LogP contribution >= 0.6 is 11.3 Å². The summed E-state index contributed by atoms with van der Waals surface area (Å²) in [6.45, 7) is 0. The van der Waals surface area contributed by atoms with Gasteiger partial charge >= 0.3 is 12.2 Å². The molecule has 4 aromatic rings. The van der Waals surface area contributed by atoms with E-state index in [1.807, 2.05) is 0 Å². The highest BCUT2D eigenvalue weighted by Gasteiger charge is 2.57. The number of carbonyl (C=O) groups excluding carboxylic acids is 1. The third kappa shape index (κ3) is 4.09. The molecule has 0 aliphatic carbocycles. The Hall–Kier alpha value is -3.64. The molecule has 2 aromatic carbocycles. The summed E-state index contributed by atoms with van der Waals surface area (Å²) >= 11 is 0.917. The van der Waals surface area contributed by atoms with Gasteiger partial charge in [0.2, 0.25) is 5.60 Å². The zero-order chi connectivity index (χ0) is 22.9. The van der Waals surface area contributed by atoms with Crippen LogP contribution in [0.3, 0.4) is 0 Å². The standard InChI is InChI=1S/C20H13F4N5O2S/c21-12-4-6-13(7-5-12)26-17(30)28-18-27-14-8-3-11(10-15(14)32-18)19(31,20(22,23)24)16-2-1-9-25-29-16/h1-10,31H,(H2,26,27,28,30)/t19-/m0/s1. The van der Waals surface area contributed by atoms with Crippen molar-refractivity contribution in [2.75, 3.05) is 10.6 Å². The molecular weight excluding hydrogens is 450 g/mol. The van der Waals surface area contributed by atoms with E-state index < -0.39 is 34.9 Å². The monoisotopic (exact) mass is 463 g/mol. The SMILES string of the molecule is O=C(Nc1ccc(F)cc1)Nc1nc2ccc([C@](O)(c3cccnn3)C(F)(F)F)cc2s1. The minimum Gasteiger partial charge on any atom is -0.371 e. The number of aromatic nitrogens is 3. The van der Waals surface area contributed by atoms with Crippen LogP contribution in [0.1, 0.15) is 11.3 Å². The molecule has 0 saturated carbocycles. The van der Waals surface area contributed by atoms with Gasteiger partial charge in [-0.15, -0.1) is 0 Å². The Balaban J connectivity index is 1.62. The topological polar surface area (TPSA) is 100 Å². The normalized spacial score (nSPS) is 13.5. The molecule has 0 radical (unpaired) electrons. The van der Waals surface area contributed by atoms with E-state index in [-0.39, 0.29) is 5.13 Å². The van der Waals surface area contributed by atoms with Crippen LogP contribution < -0.4 is 10.6 Å². The van der Waals surface area contributed by atoms with E-state index in [4.69, 9.17) is 0 Å². The number of anilines is 2. The summed E-state index contributed by atoms with van der Waals surface area (Å²) in [6.07, 6.45) is -3.88. The van der Waals surface area contributed by atoms with Crippen LogP contribution in [0.5, 0.6) is 0 Å². The highest BCUT2D eigenvalue weighted by molar-refractivity contribution is 7.22. The van der Waals surface area contributed by atoms with E-state index in [1.54, 1.807) is 0 Å². The number of aliphatic hydroxyl groups is 1. The molecule has 0 saturated heterocycles. The summed E-state index contributed by atoms with van der Waals surface area (Å²) in [5.74, 6) is -0.460. The van der Waals surface area contributed by atoms with Crippen LogP contribution in [0.4, 0.5) is 33.2 Å². The molecule has 12 heteroatoms. The average Bonchev–Trinajstić information content (AvgIpc) is 3.15. The van der Waals surface area contributed by atoms with Gasteiger partial charge in [0.05, 0.1) is 10.2 Å². The first kappa shape index (κ1) is 21.6. The maximum atomic E-state index is 13.9. The van der Waals surface area contributed by atoms with E-state index in [2.05, 4.69) is 25.8 Å². The Morgan fingerprint density at radius 1 is 1.03 bits per heavy atom. The van der Waals surface area contributed by atoms with Crippen LogP contribution in [-0.4, -0.2) is 32.5 Å². The maximum absolute atomic E-state index is 13.9. The maximum Gasteiger partial charge on any atom is 0.427 e. The average molecular weight is 463 g/mol. The minimum absolute atomic E-state index is 0.117. The lowest BCUT2D eigenvalue weighted by Crippen LogP contribution is -2.44. The van der Waals surface area contributed by atoms with E-state index in [0.29, 0.717) is 15.9 Å². The van der Waals surface area contributed by atoms with Crippen LogP contribution in [0.25, 0.3) is 10.2 Å². The second-order valence-corrected chi connectivity index (χ2v) is 7.64. The van der Waals surface area contributed by atoms with Gasteiger partial charge in [0.15, 0.2) is 5.13 Å². The Bertz CT molecular complexity index is 1260. The van der Waals surface area contributed by atoms with Gasteiger partial charge < -0.3 is 10.4 Å². The number of thiazole rings is 1. The molecule has 2 heterocycles. The molecule has 4 rings (SSSR count). The van der Waals surface area contributed by atoms with E-state index in [9.17, 15) is 27.5 Å². The van der Waals surface area contributed by atoms with Gasteiger partial charge in [0.25, 0.3) is 0 Å². The molecule has 1 atom stereocenters. The molecule has 0 bridgehead atoms. The number of rotatable bonds is 4. The molecule has 0 aliphatic heterocycles. The summed E-state index contributed by atoms with van der Waals surface area (Å²) in [5, 5.41) is 22.6. The second-order valence-electron chi connectivity index (χ2n) is 6.60. The molecule has 2 aromatic heterocycles. The van der Waals surface area contributed by atoms with Crippen molar-refractivity contribution >= 4 is 38.4 Å². The Morgan fingerprint density at radius 3 is 2.44 bits per heavy atom. The second kappa shape index (κ2) is 8.13. The van der Waals surface area contributed by atoms with Gasteiger partial charge in [0.1, 0.15) is 11.5 Å². The number of hydrogen-bond acceptors (Lipinski definition) is 6. The van der Waals surface area contributed by atoms with E-state index >= 15 is 0 Å². The van der Waals surface area contributed by atoms with Crippen LogP contribution in [0, 0.1) is 5.82 Å². The number of fused-ring (bicyclic) bond motifs is 1. The Kier molecular flexibility index (Phi) is 5.48. The smallest absolute Gasteiger partial charge is 0.371 e. The van der Waals surface area contributed by atoms with Crippen molar-refractivity contribution in [2.24, 2.45) is 0 Å². The number of nitrogens with one attached hydrogen (secondary N) is 2. The third-order valence-electron chi connectivity index (χ3n) is 4.48. The zero-order valence-corrected chi connectivity index (χ0v) is 16.7. The summed E-state index contributed by atoms with van der Waals surface area (Å²) in [6, 6.07) is 10.2. The third-order valence-corrected chi connectivity index (χ3v) is 5.42. The molecule has 164 valence electrons. The van der Waals surface area contributed by atoms with Crippen LogP contribution in [0.15, 0.2) is 60.8 Å². The van der Waals surface area contributed by atoms with Crippen molar-refractivity contribution in [3.05, 3.63) is 77.9 Å². The lowest BCUT2D eigenvalue weighted by Gasteiger charge is -2.29. The summed E-state index contributed by atoms with van der Waals surface area (Å²) < 4.78 is 54.9. The summed E-state index contributed by atoms with van der Waals surface area (Å²) in [4.78, 5) is 16.3. The number of benzene rings is 2. The number of carbonyl (C=O) groups is 1. The van der Waals surface area contributed by atoms with E-state index in [0.717, 1.165) is 29.5 Å². The van der Waals surface area contributed by atoms with Crippen molar-refractivity contribution in [3.8, 4) is 0 Å². The fourth-order valence-electron chi connectivity index (χ4n) is 2.95. The minimum atomic E-state index is -5.07. The molecule has 2 amide bonds. The fraction of sp³-hybridized carbons (Fsp3) is 0.100. The van der Waals surface area contributed by atoms with Gasteiger partial charge in [-0.25, -0.2) is 14.2 Å². The summed E-state index contributed by atoms with van der Waals surface area (Å²) in [7, 11) is 0. The lowest BCUT2D eigenvalue weighted by molar-refractivity contribution is -0.250. The van der Waals surface area contributed by atoms with Gasteiger partial charge in [-0.2, -0.15) is 23.4 Å². The predicted octanol–water partition coefficient (Wildman–Crippen LogP) is 4.67. The number of hydrogen-bond donors (Lipinski definition) is 3. The number of amides is 2. The highest BCUT2D eigenvalue weighted by Crippen LogP contribution is 2.44. The predicted molar refractivity (Wildman–Crippen MR) is 110 cm³/mol. The number of halogens is 4. The number of alkyl halides is 3. The van der Waals surface area contributed by atoms with Crippen molar-refractivity contribution in [1.29, 1.82) is 0 Å². The fourth-order valence-corrected chi connectivity index (χ4v) is 3.85. The van der Waals surface area contributed by atoms with Gasteiger partial charge in [-0.1, -0.05) is 17.4 Å². The molecule has 0 fully saturated rings. The zero-order valence-electron chi connectivity index (χ0n) is 15.9. The lowest BCUT2D eigenvalue weighted by atomic mass is 9.89. The Labute approximate surface area is 181 Å². The van der Waals surface area contributed by atoms with Gasteiger partial charge in [0, 0.05) is 17.4 Å². The molecule has 32 heavy (non-hydrogen) atoms. The molecule has 0 spiro atoms. The summed E-state index contributed by atoms with van der Waals surface area (Å²) in [5.41, 5.74) is -3.86. The first-order chi connectivity index (χ1) is 15.2. The molecule has 0 aliphatic rings. The van der Waals surface area contributed by atoms with Crippen molar-refractivity contribution in [3.63, 3.8) is 0 Å². The van der Waals surface area contributed by atoms with Crippen LogP contribution in [0.2, 0.25) is 0 Å². The number of urea groups is 1. The van der Waals surface area contributed by atoms with Crippen LogP contribution in [-0.2, 0) is 5.60 Å². The highest BCUT2D eigenvalue weighted by atomic mass is 32.1. The molecular formula is C20H13F4N5O2S. The van der Waals surface area contributed by atoms with Crippen molar-refractivity contribution < 1.29 is 27.5 Å². The quantitative estimate of drug-likeness (QED) is 0.382. The first-order valence-corrected chi connectivity index (χ1v) is 9.80. The van der Waals surface area contributed by atoms with Crippen molar-refractivity contribution in [2.45, 2.75) is 11.8 Å². The Morgan fingerprint density at radius 2 is 1.78 bits per heavy atom. The first-order valence-electron chi connectivity index (χ1n) is 8.99. The molecule has 3 N–H and O–H groups in total. The molecule has 0 unspecified atom stereocenters. The molecule has 7 nitrogen and oxygen atoms in total. The largest absolute Gasteiger partial charge is 0.427 e. The number of nitrogens with zero attached hydrogens (tertiary/aromatic N) is 3.